The van der Waals surface area contributed by atoms with Crippen LogP contribution in [0.4, 0.5) is 0 Å². The zero-order valence-electron chi connectivity index (χ0n) is 11.9. The fourth-order valence-corrected chi connectivity index (χ4v) is 3.59. The van der Waals surface area contributed by atoms with Crippen LogP contribution in [0.25, 0.3) is 0 Å². The van der Waals surface area contributed by atoms with E-state index in [1.807, 2.05) is 12.4 Å². The van der Waals surface area contributed by atoms with Crippen LogP contribution in [-0.4, -0.2) is 36.1 Å². The Kier molecular flexibility index (Phi) is 3.85. The molecule has 1 aliphatic heterocycles. The van der Waals surface area contributed by atoms with Crippen molar-refractivity contribution in [3.63, 3.8) is 0 Å². The van der Waals surface area contributed by atoms with E-state index in [2.05, 4.69) is 34.3 Å². The first kappa shape index (κ1) is 13.1. The number of piperidine rings is 1. The molecule has 2 fully saturated rings. The van der Waals surface area contributed by atoms with E-state index in [0.717, 1.165) is 19.0 Å². The van der Waals surface area contributed by atoms with Gasteiger partial charge in [-0.3, -0.25) is 9.88 Å². The number of rotatable bonds is 5. The third-order valence-electron chi connectivity index (χ3n) is 5.04. The van der Waals surface area contributed by atoms with Crippen molar-refractivity contribution in [2.45, 2.75) is 32.7 Å². The highest BCUT2D eigenvalue weighted by molar-refractivity contribution is 5.10. The monoisotopic (exact) mass is 259 g/mol. The average molecular weight is 259 g/mol. The maximum Gasteiger partial charge on any atom is 0.0271 e. The van der Waals surface area contributed by atoms with E-state index < -0.39 is 0 Å². The van der Waals surface area contributed by atoms with E-state index in [1.165, 1.54) is 44.5 Å². The topological polar surface area (TPSA) is 28.2 Å². The van der Waals surface area contributed by atoms with Crippen molar-refractivity contribution < 1.29 is 0 Å². The number of hydrogen-bond acceptors (Lipinski definition) is 3. The van der Waals surface area contributed by atoms with Gasteiger partial charge in [0.25, 0.3) is 0 Å². The lowest BCUT2D eigenvalue weighted by atomic mass is 9.92. The molecule has 19 heavy (non-hydrogen) atoms. The molecule has 3 rings (SSSR count). The predicted octanol–water partition coefficient (Wildman–Crippen LogP) is 2.29. The lowest BCUT2D eigenvalue weighted by Gasteiger charge is -2.26. The van der Waals surface area contributed by atoms with Gasteiger partial charge >= 0.3 is 0 Å². The number of hydrogen-bond donors (Lipinski definition) is 1. The molecule has 1 aromatic heterocycles. The lowest BCUT2D eigenvalue weighted by molar-refractivity contribution is 0.231. The molecule has 1 atom stereocenters. The number of nitrogens with one attached hydrogen (secondary N) is 1. The highest BCUT2D eigenvalue weighted by Gasteiger charge is 2.53. The zero-order chi connectivity index (χ0) is 13.1. The quantitative estimate of drug-likeness (QED) is 0.879. The molecular formula is C16H25N3. The Hall–Kier alpha value is -0.930. The molecule has 104 valence electrons. The summed E-state index contributed by atoms with van der Waals surface area (Å²) in [4.78, 5) is 6.69. The molecule has 1 saturated carbocycles. The molecule has 1 saturated heterocycles. The predicted molar refractivity (Wildman–Crippen MR) is 77.8 cm³/mol. The van der Waals surface area contributed by atoms with E-state index in [0.29, 0.717) is 5.41 Å². The molecule has 3 nitrogen and oxygen atoms in total. The Balaban J connectivity index is 1.53. The van der Waals surface area contributed by atoms with Crippen LogP contribution in [0.1, 0.15) is 31.7 Å². The molecule has 1 aromatic rings. The summed E-state index contributed by atoms with van der Waals surface area (Å²) in [5, 5.41) is 3.49. The fourth-order valence-electron chi connectivity index (χ4n) is 3.59. The summed E-state index contributed by atoms with van der Waals surface area (Å²) >= 11 is 0. The van der Waals surface area contributed by atoms with E-state index in [-0.39, 0.29) is 0 Å². The molecule has 3 heteroatoms. The van der Waals surface area contributed by atoms with Gasteiger partial charge in [0.1, 0.15) is 0 Å². The smallest absolute Gasteiger partial charge is 0.0271 e. The van der Waals surface area contributed by atoms with Gasteiger partial charge in [-0.05, 0) is 67.9 Å². The van der Waals surface area contributed by atoms with Crippen LogP contribution in [0.5, 0.6) is 0 Å². The Morgan fingerprint density at radius 1 is 1.32 bits per heavy atom. The fraction of sp³-hybridized carbons (Fsp3) is 0.688. The van der Waals surface area contributed by atoms with Crippen molar-refractivity contribution >= 4 is 0 Å². The molecule has 1 aliphatic carbocycles. The molecule has 0 radical (unpaired) electrons. The zero-order valence-corrected chi connectivity index (χ0v) is 11.9. The maximum atomic E-state index is 4.09. The van der Waals surface area contributed by atoms with Crippen LogP contribution < -0.4 is 5.32 Å². The van der Waals surface area contributed by atoms with Gasteiger partial charge in [-0.25, -0.2) is 0 Å². The standard InChI is InChI=1S/C16H25N3/c1-2-19(12-14-3-7-17-8-4-14)13-15-11-16(15)5-9-18-10-6-16/h3-4,7-8,15,18H,2,5-6,9-13H2,1H3. The number of aromatic nitrogens is 1. The molecular weight excluding hydrogens is 234 g/mol. The summed E-state index contributed by atoms with van der Waals surface area (Å²) in [6.07, 6.45) is 8.04. The largest absolute Gasteiger partial charge is 0.317 e. The van der Waals surface area contributed by atoms with Crippen molar-refractivity contribution in [2.24, 2.45) is 11.3 Å². The van der Waals surface area contributed by atoms with Gasteiger partial charge in [-0.15, -0.1) is 0 Å². The van der Waals surface area contributed by atoms with Crippen molar-refractivity contribution in [1.82, 2.24) is 15.2 Å². The first-order valence-corrected chi connectivity index (χ1v) is 7.64. The van der Waals surface area contributed by atoms with Gasteiger partial charge in [-0.2, -0.15) is 0 Å². The van der Waals surface area contributed by atoms with Crippen LogP contribution in [-0.2, 0) is 6.54 Å². The SMILES string of the molecule is CCN(Cc1ccncc1)CC1CC12CCNCC2. The Labute approximate surface area is 116 Å². The molecule has 0 amide bonds. The summed E-state index contributed by atoms with van der Waals surface area (Å²) in [6.45, 7) is 8.23. The molecule has 1 spiro atoms. The lowest BCUT2D eigenvalue weighted by Crippen LogP contribution is -2.32. The van der Waals surface area contributed by atoms with Crippen LogP contribution in [0.3, 0.4) is 0 Å². The van der Waals surface area contributed by atoms with E-state index in [4.69, 9.17) is 0 Å². The molecule has 2 heterocycles. The molecule has 1 unspecified atom stereocenters. The summed E-state index contributed by atoms with van der Waals surface area (Å²) in [7, 11) is 0. The Morgan fingerprint density at radius 3 is 2.74 bits per heavy atom. The first-order chi connectivity index (χ1) is 9.32. The summed E-state index contributed by atoms with van der Waals surface area (Å²) in [6, 6.07) is 4.27. The minimum atomic E-state index is 0.705. The molecule has 0 aromatic carbocycles. The third-order valence-corrected chi connectivity index (χ3v) is 5.04. The third kappa shape index (κ3) is 2.98. The highest BCUT2D eigenvalue weighted by atomic mass is 15.1. The Bertz CT molecular complexity index is 398. The Morgan fingerprint density at radius 2 is 2.05 bits per heavy atom. The van der Waals surface area contributed by atoms with Gasteiger partial charge < -0.3 is 5.32 Å². The molecule has 0 bridgehead atoms. The number of nitrogens with zero attached hydrogens (tertiary/aromatic N) is 2. The molecule has 1 N–H and O–H groups in total. The number of pyridine rings is 1. The maximum absolute atomic E-state index is 4.09. The van der Waals surface area contributed by atoms with Crippen LogP contribution in [0, 0.1) is 11.3 Å². The second-order valence-corrected chi connectivity index (χ2v) is 6.20. The summed E-state index contributed by atoms with van der Waals surface area (Å²) < 4.78 is 0. The van der Waals surface area contributed by atoms with Crippen molar-refractivity contribution in [1.29, 1.82) is 0 Å². The average Bonchev–Trinajstić information content (AvgIpc) is 3.11. The van der Waals surface area contributed by atoms with Crippen molar-refractivity contribution in [3.8, 4) is 0 Å². The van der Waals surface area contributed by atoms with Crippen LogP contribution in [0.2, 0.25) is 0 Å². The van der Waals surface area contributed by atoms with Crippen LogP contribution >= 0.6 is 0 Å². The normalized spacial score (nSPS) is 24.8. The highest BCUT2D eigenvalue weighted by Crippen LogP contribution is 2.58. The van der Waals surface area contributed by atoms with Crippen molar-refractivity contribution in [2.75, 3.05) is 26.2 Å². The minimum absolute atomic E-state index is 0.705. The van der Waals surface area contributed by atoms with Gasteiger partial charge in [0.15, 0.2) is 0 Å². The van der Waals surface area contributed by atoms with Crippen molar-refractivity contribution in [3.05, 3.63) is 30.1 Å². The van der Waals surface area contributed by atoms with Gasteiger partial charge in [0.2, 0.25) is 0 Å². The van der Waals surface area contributed by atoms with Gasteiger partial charge in [0.05, 0.1) is 0 Å². The van der Waals surface area contributed by atoms with E-state index in [9.17, 15) is 0 Å². The van der Waals surface area contributed by atoms with Crippen LogP contribution in [0.15, 0.2) is 24.5 Å². The van der Waals surface area contributed by atoms with E-state index in [1.54, 1.807) is 0 Å². The summed E-state index contributed by atoms with van der Waals surface area (Å²) in [5.74, 6) is 0.941. The second-order valence-electron chi connectivity index (χ2n) is 6.20. The first-order valence-electron chi connectivity index (χ1n) is 7.64. The van der Waals surface area contributed by atoms with Gasteiger partial charge in [-0.1, -0.05) is 6.92 Å². The molecule has 2 aliphatic rings. The van der Waals surface area contributed by atoms with Gasteiger partial charge in [0, 0.05) is 25.5 Å². The second kappa shape index (κ2) is 5.59. The summed E-state index contributed by atoms with van der Waals surface area (Å²) in [5.41, 5.74) is 2.09. The minimum Gasteiger partial charge on any atom is -0.317 e. The van der Waals surface area contributed by atoms with E-state index >= 15 is 0 Å².